The second kappa shape index (κ2) is 6.29. The first-order chi connectivity index (χ1) is 9.16. The largest absolute Gasteiger partial charge is 0.399 e. The fourth-order valence-corrected chi connectivity index (χ4v) is 2.50. The van der Waals surface area contributed by atoms with Crippen molar-refractivity contribution < 1.29 is 4.79 Å². The predicted octanol–water partition coefficient (Wildman–Crippen LogP) is 3.44. The van der Waals surface area contributed by atoms with Gasteiger partial charge in [-0.3, -0.25) is 4.79 Å². The Hall–Kier alpha value is -1.51. The lowest BCUT2D eigenvalue weighted by Crippen LogP contribution is -2.45. The van der Waals surface area contributed by atoms with Crippen molar-refractivity contribution in [3.8, 4) is 0 Å². The standard InChI is InChI=1S/C17H28N2O/c1-12(2)11-13(3)19(6)16(20)17(4,5)14-7-9-15(18)10-8-14/h7-10,12-13H,11,18H2,1-6H3. The Bertz CT molecular complexity index is 449. The molecule has 2 N–H and O–H groups in total. The number of carbonyl (C=O) groups is 1. The molecule has 0 bridgehead atoms. The van der Waals surface area contributed by atoms with E-state index in [2.05, 4.69) is 20.8 Å². The van der Waals surface area contributed by atoms with Crippen LogP contribution in [0.4, 0.5) is 5.69 Å². The zero-order valence-electron chi connectivity index (χ0n) is 13.6. The molecule has 0 aliphatic rings. The highest BCUT2D eigenvalue weighted by Crippen LogP contribution is 2.27. The van der Waals surface area contributed by atoms with Gasteiger partial charge in [-0.2, -0.15) is 0 Å². The first-order valence-corrected chi connectivity index (χ1v) is 7.29. The smallest absolute Gasteiger partial charge is 0.232 e. The van der Waals surface area contributed by atoms with Crippen LogP contribution < -0.4 is 5.73 Å². The van der Waals surface area contributed by atoms with E-state index in [0.29, 0.717) is 5.92 Å². The lowest BCUT2D eigenvalue weighted by molar-refractivity contribution is -0.137. The quantitative estimate of drug-likeness (QED) is 0.837. The van der Waals surface area contributed by atoms with E-state index in [1.54, 1.807) is 0 Å². The van der Waals surface area contributed by atoms with Crippen molar-refractivity contribution in [3.63, 3.8) is 0 Å². The van der Waals surface area contributed by atoms with Crippen LogP contribution in [0.2, 0.25) is 0 Å². The molecule has 0 heterocycles. The van der Waals surface area contributed by atoms with Crippen molar-refractivity contribution in [2.75, 3.05) is 12.8 Å². The first kappa shape index (κ1) is 16.5. The molecule has 0 fully saturated rings. The topological polar surface area (TPSA) is 46.3 Å². The van der Waals surface area contributed by atoms with Crippen molar-refractivity contribution in [1.29, 1.82) is 0 Å². The number of hydrogen-bond donors (Lipinski definition) is 1. The number of amides is 1. The summed E-state index contributed by atoms with van der Waals surface area (Å²) in [5.74, 6) is 0.732. The number of anilines is 1. The van der Waals surface area contributed by atoms with Gasteiger partial charge in [0, 0.05) is 18.8 Å². The van der Waals surface area contributed by atoms with E-state index >= 15 is 0 Å². The fourth-order valence-electron chi connectivity index (χ4n) is 2.50. The van der Waals surface area contributed by atoms with Gasteiger partial charge in [0.1, 0.15) is 0 Å². The summed E-state index contributed by atoms with van der Waals surface area (Å²) in [5, 5.41) is 0. The number of hydrogen-bond acceptors (Lipinski definition) is 2. The summed E-state index contributed by atoms with van der Waals surface area (Å²) in [5.41, 5.74) is 6.90. The molecule has 1 unspecified atom stereocenters. The molecule has 0 aliphatic heterocycles. The molecule has 3 heteroatoms. The summed E-state index contributed by atoms with van der Waals surface area (Å²) in [4.78, 5) is 14.6. The molecule has 112 valence electrons. The summed E-state index contributed by atoms with van der Waals surface area (Å²) in [6, 6.07) is 7.82. The lowest BCUT2D eigenvalue weighted by atomic mass is 9.82. The van der Waals surface area contributed by atoms with Gasteiger partial charge in [-0.15, -0.1) is 0 Å². The van der Waals surface area contributed by atoms with Crippen LogP contribution in [0.25, 0.3) is 0 Å². The molecule has 0 aromatic heterocycles. The van der Waals surface area contributed by atoms with E-state index in [1.807, 2.05) is 50.1 Å². The normalized spacial score (nSPS) is 13.3. The van der Waals surface area contributed by atoms with E-state index in [4.69, 9.17) is 5.73 Å². The molecule has 0 saturated heterocycles. The molecule has 1 rings (SSSR count). The molecule has 1 atom stereocenters. The van der Waals surface area contributed by atoms with E-state index in [0.717, 1.165) is 17.7 Å². The van der Waals surface area contributed by atoms with Gasteiger partial charge in [-0.05, 0) is 50.8 Å². The molecule has 1 aromatic carbocycles. The second-order valence-corrected chi connectivity index (χ2v) is 6.64. The van der Waals surface area contributed by atoms with Crippen molar-refractivity contribution in [2.45, 2.75) is 52.5 Å². The molecular weight excluding hydrogens is 248 g/mol. The number of carbonyl (C=O) groups excluding carboxylic acids is 1. The highest BCUT2D eigenvalue weighted by Gasteiger charge is 2.33. The van der Waals surface area contributed by atoms with Gasteiger partial charge in [0.15, 0.2) is 0 Å². The van der Waals surface area contributed by atoms with Crippen LogP contribution in [0.1, 0.15) is 46.6 Å². The Morgan fingerprint density at radius 1 is 1.20 bits per heavy atom. The molecule has 0 spiro atoms. The molecule has 0 radical (unpaired) electrons. The Balaban J connectivity index is 2.91. The summed E-state index contributed by atoms with van der Waals surface area (Å²) >= 11 is 0. The van der Waals surface area contributed by atoms with Crippen LogP contribution in [-0.2, 0) is 10.2 Å². The highest BCUT2D eigenvalue weighted by molar-refractivity contribution is 5.87. The number of nitrogens with two attached hydrogens (primary N) is 1. The van der Waals surface area contributed by atoms with E-state index in [1.165, 1.54) is 0 Å². The van der Waals surface area contributed by atoms with Crippen LogP contribution in [-0.4, -0.2) is 23.9 Å². The molecule has 1 aromatic rings. The Morgan fingerprint density at radius 3 is 2.15 bits per heavy atom. The zero-order valence-corrected chi connectivity index (χ0v) is 13.6. The average Bonchev–Trinajstić information content (AvgIpc) is 2.36. The van der Waals surface area contributed by atoms with Crippen molar-refractivity contribution in [1.82, 2.24) is 4.90 Å². The van der Waals surface area contributed by atoms with Gasteiger partial charge in [0.05, 0.1) is 5.41 Å². The van der Waals surface area contributed by atoms with E-state index in [9.17, 15) is 4.79 Å². The molecule has 3 nitrogen and oxygen atoms in total. The Morgan fingerprint density at radius 2 is 1.70 bits per heavy atom. The van der Waals surface area contributed by atoms with Crippen molar-refractivity contribution >= 4 is 11.6 Å². The summed E-state index contributed by atoms with van der Waals surface area (Å²) in [7, 11) is 1.90. The van der Waals surface area contributed by atoms with E-state index < -0.39 is 5.41 Å². The van der Waals surface area contributed by atoms with Crippen LogP contribution in [0.5, 0.6) is 0 Å². The fraction of sp³-hybridized carbons (Fsp3) is 0.588. The van der Waals surface area contributed by atoms with Gasteiger partial charge in [0.2, 0.25) is 5.91 Å². The third-order valence-electron chi connectivity index (χ3n) is 3.96. The number of benzene rings is 1. The van der Waals surface area contributed by atoms with Crippen LogP contribution >= 0.6 is 0 Å². The third-order valence-corrected chi connectivity index (χ3v) is 3.96. The maximum absolute atomic E-state index is 12.8. The highest BCUT2D eigenvalue weighted by atomic mass is 16.2. The zero-order chi connectivity index (χ0) is 15.5. The third kappa shape index (κ3) is 3.75. The summed E-state index contributed by atoms with van der Waals surface area (Å²) in [6.45, 7) is 10.4. The minimum absolute atomic E-state index is 0.149. The number of likely N-dealkylation sites (N-methyl/N-ethyl adjacent to an activating group) is 1. The molecule has 0 saturated carbocycles. The van der Waals surface area contributed by atoms with Crippen molar-refractivity contribution in [2.24, 2.45) is 5.92 Å². The average molecular weight is 276 g/mol. The monoisotopic (exact) mass is 276 g/mol. The van der Waals surface area contributed by atoms with Crippen LogP contribution in [0.3, 0.4) is 0 Å². The minimum Gasteiger partial charge on any atom is -0.399 e. The Kier molecular flexibility index (Phi) is 5.21. The lowest BCUT2D eigenvalue weighted by Gasteiger charge is -2.34. The molecule has 0 aliphatic carbocycles. The maximum Gasteiger partial charge on any atom is 0.232 e. The number of nitrogens with zero attached hydrogens (tertiary/aromatic N) is 1. The van der Waals surface area contributed by atoms with E-state index in [-0.39, 0.29) is 11.9 Å². The van der Waals surface area contributed by atoms with Gasteiger partial charge in [-0.25, -0.2) is 0 Å². The molecule has 20 heavy (non-hydrogen) atoms. The SMILES string of the molecule is CC(C)CC(C)N(C)C(=O)C(C)(C)c1ccc(N)cc1. The van der Waals surface area contributed by atoms with Gasteiger partial charge >= 0.3 is 0 Å². The number of rotatable bonds is 5. The van der Waals surface area contributed by atoms with Crippen molar-refractivity contribution in [3.05, 3.63) is 29.8 Å². The summed E-state index contributed by atoms with van der Waals surface area (Å²) < 4.78 is 0. The predicted molar refractivity (Wildman–Crippen MR) is 85.6 cm³/mol. The molecule has 1 amide bonds. The maximum atomic E-state index is 12.8. The first-order valence-electron chi connectivity index (χ1n) is 7.29. The number of nitrogen functional groups attached to an aromatic ring is 1. The minimum atomic E-state index is -0.534. The van der Waals surface area contributed by atoms with Crippen LogP contribution in [0, 0.1) is 5.92 Å². The summed E-state index contributed by atoms with van der Waals surface area (Å²) in [6.07, 6.45) is 1.01. The van der Waals surface area contributed by atoms with Gasteiger partial charge in [-0.1, -0.05) is 26.0 Å². The molecular formula is C17H28N2O. The van der Waals surface area contributed by atoms with Gasteiger partial charge < -0.3 is 10.6 Å². The second-order valence-electron chi connectivity index (χ2n) is 6.64. The Labute approximate surface area is 123 Å². The van der Waals surface area contributed by atoms with Crippen LogP contribution in [0.15, 0.2) is 24.3 Å². The van der Waals surface area contributed by atoms with Gasteiger partial charge in [0.25, 0.3) is 0 Å².